The van der Waals surface area contributed by atoms with Crippen LogP contribution in [0.1, 0.15) is 40.5 Å². The van der Waals surface area contributed by atoms with Crippen molar-refractivity contribution in [2.75, 3.05) is 35.2 Å². The molecule has 0 aromatic heterocycles. The van der Waals surface area contributed by atoms with Crippen LogP contribution in [0.25, 0.3) is 0 Å². The van der Waals surface area contributed by atoms with E-state index in [4.69, 9.17) is 0 Å². The zero-order valence-electron chi connectivity index (χ0n) is 23.7. The number of hydrogen-bond acceptors (Lipinski definition) is 6. The van der Waals surface area contributed by atoms with Crippen molar-refractivity contribution >= 4 is 46.5 Å². The maximum Gasteiger partial charge on any atom is 0.248 e. The molecule has 8 nitrogen and oxygen atoms in total. The number of carbonyl (C=O) groups excluding carboxylic acids is 3. The Labute approximate surface area is 240 Å². The maximum absolute atomic E-state index is 14.2. The van der Waals surface area contributed by atoms with Gasteiger partial charge in [0, 0.05) is 35.4 Å². The normalized spacial score (nSPS) is 29.3. The lowest BCUT2D eigenvalue weighted by molar-refractivity contribution is -0.141. The minimum Gasteiger partial charge on any atom is -0.394 e. The Morgan fingerprint density at radius 2 is 1.65 bits per heavy atom. The predicted octanol–water partition coefficient (Wildman–Crippen LogP) is 4.22. The smallest absolute Gasteiger partial charge is 0.248 e. The first-order valence-corrected chi connectivity index (χ1v) is 15.3. The molecule has 3 N–H and O–H groups in total. The molecule has 9 heteroatoms. The molecule has 0 saturated carbocycles. The largest absolute Gasteiger partial charge is 0.394 e. The van der Waals surface area contributed by atoms with Crippen molar-refractivity contribution in [3.8, 4) is 0 Å². The molecule has 3 amide bonds. The number of aliphatic hydroxyl groups is 1. The number of para-hydroxylation sites is 1. The molecule has 3 fully saturated rings. The second-order valence-electron chi connectivity index (χ2n) is 11.1. The Kier molecular flexibility index (Phi) is 8.15. The molecular weight excluding hydrogens is 524 g/mol. The third-order valence-corrected chi connectivity index (χ3v) is 11.2. The van der Waals surface area contributed by atoms with E-state index in [0.29, 0.717) is 17.8 Å². The van der Waals surface area contributed by atoms with Crippen molar-refractivity contribution in [1.29, 1.82) is 0 Å². The number of hydrogen-bond donors (Lipinski definition) is 3. The Morgan fingerprint density at radius 3 is 2.25 bits per heavy atom. The lowest BCUT2D eigenvalue weighted by Gasteiger charge is -2.40. The van der Waals surface area contributed by atoms with Gasteiger partial charge in [0.2, 0.25) is 17.7 Å². The first kappa shape index (κ1) is 28.5. The molecular formula is C31H40N4O4S. The van der Waals surface area contributed by atoms with Crippen LogP contribution in [-0.2, 0) is 14.4 Å². The molecule has 3 unspecified atom stereocenters. The molecule has 2 aromatic rings. The fraction of sp³-hybridized carbons (Fsp3) is 0.516. The molecule has 40 heavy (non-hydrogen) atoms. The van der Waals surface area contributed by atoms with Crippen LogP contribution in [0.2, 0.25) is 0 Å². The summed E-state index contributed by atoms with van der Waals surface area (Å²) in [7, 11) is 0. The summed E-state index contributed by atoms with van der Waals surface area (Å²) in [4.78, 5) is 45.9. The zero-order valence-corrected chi connectivity index (χ0v) is 24.5. The Balaban J connectivity index is 1.48. The number of carbonyl (C=O) groups is 3. The second kappa shape index (κ2) is 11.4. The highest BCUT2D eigenvalue weighted by molar-refractivity contribution is 8.02. The summed E-state index contributed by atoms with van der Waals surface area (Å²) < 4.78 is -0.742. The summed E-state index contributed by atoms with van der Waals surface area (Å²) in [6.07, 6.45) is 1.27. The number of benzene rings is 2. The summed E-state index contributed by atoms with van der Waals surface area (Å²) in [6, 6.07) is 15.8. The van der Waals surface area contributed by atoms with Gasteiger partial charge in [0.1, 0.15) is 6.04 Å². The number of aliphatic hydroxyl groups excluding tert-OH is 1. The van der Waals surface area contributed by atoms with Crippen LogP contribution in [0.15, 0.2) is 54.6 Å². The fourth-order valence-corrected chi connectivity index (χ4v) is 9.58. The third kappa shape index (κ3) is 4.57. The predicted molar refractivity (Wildman–Crippen MR) is 160 cm³/mol. The molecule has 0 aliphatic carbocycles. The molecule has 0 radical (unpaired) electrons. The number of anilines is 3. The van der Waals surface area contributed by atoms with Crippen molar-refractivity contribution in [2.24, 2.45) is 17.8 Å². The van der Waals surface area contributed by atoms with Gasteiger partial charge in [-0.3, -0.25) is 14.4 Å². The molecule has 3 aliphatic rings. The highest BCUT2D eigenvalue weighted by Crippen LogP contribution is 2.69. The number of thioether (sulfide) groups is 1. The van der Waals surface area contributed by atoms with E-state index in [1.807, 2.05) is 61.5 Å². The van der Waals surface area contributed by atoms with E-state index in [1.54, 1.807) is 16.7 Å². The van der Waals surface area contributed by atoms with Gasteiger partial charge in [-0.25, -0.2) is 0 Å². The number of rotatable bonds is 10. The standard InChI is InChI=1S/C31H40N4O4S/c1-5-22(18-36)35-27(29(38)33-21-13-15-23(16-14-21)34(6-2)7-3)31-19(4)17-24(40-31)25(26(31)30(35)39)28(37)32-20-11-9-8-10-12-20/h8-16,19,22,24-27,36H,5-7,17-18H2,1-4H3,(H,32,37)(H,33,38)/t19?,22-,24+,25-,26-,27?,31?/m0/s1. The number of nitrogens with one attached hydrogen (secondary N) is 2. The van der Waals surface area contributed by atoms with E-state index in [9.17, 15) is 19.5 Å². The van der Waals surface area contributed by atoms with E-state index < -0.39 is 28.7 Å². The molecule has 3 aliphatic heterocycles. The van der Waals surface area contributed by atoms with Crippen molar-refractivity contribution in [3.05, 3.63) is 54.6 Å². The van der Waals surface area contributed by atoms with Crippen LogP contribution in [0, 0.1) is 17.8 Å². The van der Waals surface area contributed by atoms with Crippen molar-refractivity contribution < 1.29 is 19.5 Å². The summed E-state index contributed by atoms with van der Waals surface area (Å²) in [5.74, 6) is -1.76. The van der Waals surface area contributed by atoms with E-state index in [-0.39, 0.29) is 35.5 Å². The average Bonchev–Trinajstić information content (AvgIpc) is 3.55. The third-order valence-electron chi connectivity index (χ3n) is 9.11. The molecule has 3 heterocycles. The lowest BCUT2D eigenvalue weighted by Crippen LogP contribution is -2.56. The first-order valence-electron chi connectivity index (χ1n) is 14.4. The lowest BCUT2D eigenvalue weighted by atomic mass is 9.66. The minimum absolute atomic E-state index is 0.0485. The highest BCUT2D eigenvalue weighted by Gasteiger charge is 2.76. The summed E-state index contributed by atoms with van der Waals surface area (Å²) in [6.45, 7) is 9.76. The van der Waals surface area contributed by atoms with Crippen LogP contribution >= 0.6 is 11.8 Å². The monoisotopic (exact) mass is 564 g/mol. The molecule has 2 aromatic carbocycles. The van der Waals surface area contributed by atoms with Crippen molar-refractivity contribution in [3.63, 3.8) is 0 Å². The van der Waals surface area contributed by atoms with Crippen LogP contribution < -0.4 is 15.5 Å². The molecule has 7 atom stereocenters. The van der Waals surface area contributed by atoms with Crippen LogP contribution in [0.3, 0.4) is 0 Å². The Hall–Kier alpha value is -3.04. The van der Waals surface area contributed by atoms with Gasteiger partial charge in [-0.15, -0.1) is 11.8 Å². The van der Waals surface area contributed by atoms with Gasteiger partial charge in [-0.05, 0) is 69.0 Å². The number of likely N-dealkylation sites (tertiary alicyclic amines) is 1. The molecule has 3 saturated heterocycles. The van der Waals surface area contributed by atoms with E-state index >= 15 is 0 Å². The maximum atomic E-state index is 14.2. The molecule has 1 spiro atoms. The van der Waals surface area contributed by atoms with E-state index in [0.717, 1.165) is 25.2 Å². The topological polar surface area (TPSA) is 102 Å². The van der Waals surface area contributed by atoms with Crippen LogP contribution in [0.4, 0.5) is 17.1 Å². The van der Waals surface area contributed by atoms with E-state index in [2.05, 4.69) is 36.3 Å². The van der Waals surface area contributed by atoms with Crippen molar-refractivity contribution in [1.82, 2.24) is 4.90 Å². The van der Waals surface area contributed by atoms with Gasteiger partial charge in [-0.2, -0.15) is 0 Å². The summed E-state index contributed by atoms with van der Waals surface area (Å²) in [5, 5.41) is 16.3. The Morgan fingerprint density at radius 1 is 1.02 bits per heavy atom. The second-order valence-corrected chi connectivity index (χ2v) is 12.7. The number of amides is 3. The van der Waals surface area contributed by atoms with Gasteiger partial charge in [0.25, 0.3) is 0 Å². The quantitative estimate of drug-likeness (QED) is 0.400. The van der Waals surface area contributed by atoms with Gasteiger partial charge in [-0.1, -0.05) is 32.0 Å². The number of nitrogens with zero attached hydrogens (tertiary/aromatic N) is 2. The van der Waals surface area contributed by atoms with Crippen molar-refractivity contribution in [2.45, 2.75) is 62.6 Å². The van der Waals surface area contributed by atoms with Gasteiger partial charge >= 0.3 is 0 Å². The van der Waals surface area contributed by atoms with Crippen LogP contribution in [-0.4, -0.2) is 69.5 Å². The fourth-order valence-electron chi connectivity index (χ4n) is 7.17. The average molecular weight is 565 g/mol. The van der Waals surface area contributed by atoms with Crippen LogP contribution in [0.5, 0.6) is 0 Å². The summed E-state index contributed by atoms with van der Waals surface area (Å²) >= 11 is 1.64. The zero-order chi connectivity index (χ0) is 28.6. The minimum atomic E-state index is -0.788. The van der Waals surface area contributed by atoms with Gasteiger partial charge in [0.05, 0.1) is 29.2 Å². The van der Waals surface area contributed by atoms with Gasteiger partial charge in [0.15, 0.2) is 0 Å². The van der Waals surface area contributed by atoms with Gasteiger partial charge < -0.3 is 25.5 Å². The molecule has 2 bridgehead atoms. The van der Waals surface area contributed by atoms with E-state index in [1.165, 1.54) is 0 Å². The number of fused-ring (bicyclic) bond motifs is 1. The SMILES string of the molecule is CC[C@@H](CO)N1C(=O)[C@@H]2[C@@H](C(=O)Nc3ccccc3)[C@H]3CC(C)C2(S3)C1C(=O)Nc1ccc(N(CC)CC)cc1. The molecule has 5 rings (SSSR count). The highest BCUT2D eigenvalue weighted by atomic mass is 32.2. The first-order chi connectivity index (χ1) is 19.3. The Bertz CT molecular complexity index is 1230. The molecule has 214 valence electrons. The summed E-state index contributed by atoms with van der Waals surface area (Å²) in [5.41, 5.74) is 2.43.